The van der Waals surface area contributed by atoms with Gasteiger partial charge in [-0.1, -0.05) is 321 Å². The molecule has 5 heteroatoms. The van der Waals surface area contributed by atoms with Gasteiger partial charge in [-0.15, -0.1) is 0 Å². The largest absolute Gasteiger partial charge is 0.394 e. The van der Waals surface area contributed by atoms with Gasteiger partial charge >= 0.3 is 0 Å². The normalized spacial score (nSPS) is 13.4. The third-order valence-corrected chi connectivity index (χ3v) is 14.0. The highest BCUT2D eigenvalue weighted by molar-refractivity contribution is 5.80. The number of carbonyl (C=O) groups excluding carboxylic acids is 1. The molecule has 0 radical (unpaired) electrons. The van der Waals surface area contributed by atoms with Gasteiger partial charge < -0.3 is 20.6 Å². The molecular formula is C60H117NO4. The zero-order valence-electron chi connectivity index (χ0n) is 44.1. The van der Waals surface area contributed by atoms with Crippen molar-refractivity contribution in [3.05, 3.63) is 24.3 Å². The fourth-order valence-electron chi connectivity index (χ4n) is 9.44. The summed E-state index contributed by atoms with van der Waals surface area (Å²) in [5, 5.41) is 33.4. The molecule has 0 rings (SSSR count). The SMILES string of the molecule is CCCCCCCCCCCCCCCCC/C=C/CC/C=C/C(O)C(CO)NC(=O)C(O)CCCCCCCCCCCCCCCCCCCCCCCCCCCCCCCC. The maximum atomic E-state index is 12.6. The number of allylic oxidation sites excluding steroid dienone is 3. The Balaban J connectivity index is 3.54. The van der Waals surface area contributed by atoms with Gasteiger partial charge in [0.1, 0.15) is 6.10 Å². The van der Waals surface area contributed by atoms with Crippen LogP contribution in [0.1, 0.15) is 328 Å². The van der Waals surface area contributed by atoms with E-state index in [1.807, 2.05) is 6.08 Å². The summed E-state index contributed by atoms with van der Waals surface area (Å²) in [6.07, 6.45) is 71.3. The Morgan fingerprint density at radius 3 is 0.938 bits per heavy atom. The first-order chi connectivity index (χ1) is 32.1. The van der Waals surface area contributed by atoms with Crippen LogP contribution in [0.15, 0.2) is 24.3 Å². The third kappa shape index (κ3) is 50.5. The molecule has 0 aromatic heterocycles. The molecule has 0 aromatic carbocycles. The minimum atomic E-state index is -1.10. The van der Waals surface area contributed by atoms with Gasteiger partial charge in [0.25, 0.3) is 0 Å². The lowest BCUT2D eigenvalue weighted by molar-refractivity contribution is -0.131. The van der Waals surface area contributed by atoms with Crippen molar-refractivity contribution in [1.29, 1.82) is 0 Å². The fraction of sp³-hybridized carbons (Fsp3) is 0.917. The second-order valence-corrected chi connectivity index (χ2v) is 20.6. The van der Waals surface area contributed by atoms with E-state index in [-0.39, 0.29) is 6.61 Å². The Labute approximate surface area is 407 Å². The first-order valence-corrected chi connectivity index (χ1v) is 29.7. The number of carbonyl (C=O) groups is 1. The molecule has 0 aliphatic carbocycles. The monoisotopic (exact) mass is 916 g/mol. The average Bonchev–Trinajstić information content (AvgIpc) is 3.31. The summed E-state index contributed by atoms with van der Waals surface area (Å²) in [4.78, 5) is 12.6. The summed E-state index contributed by atoms with van der Waals surface area (Å²) in [7, 11) is 0. The Morgan fingerprint density at radius 1 is 0.369 bits per heavy atom. The highest BCUT2D eigenvalue weighted by Crippen LogP contribution is 2.18. The second-order valence-electron chi connectivity index (χ2n) is 20.6. The molecule has 1 amide bonds. The minimum Gasteiger partial charge on any atom is -0.394 e. The number of unbranched alkanes of at least 4 members (excludes halogenated alkanes) is 45. The van der Waals surface area contributed by atoms with Crippen molar-refractivity contribution in [1.82, 2.24) is 5.32 Å². The van der Waals surface area contributed by atoms with E-state index in [0.29, 0.717) is 6.42 Å². The van der Waals surface area contributed by atoms with E-state index in [2.05, 4.69) is 31.3 Å². The van der Waals surface area contributed by atoms with E-state index in [1.54, 1.807) is 6.08 Å². The third-order valence-electron chi connectivity index (χ3n) is 14.0. The highest BCUT2D eigenvalue weighted by Gasteiger charge is 2.22. The molecular weight excluding hydrogens is 799 g/mol. The van der Waals surface area contributed by atoms with Gasteiger partial charge in [-0.25, -0.2) is 0 Å². The van der Waals surface area contributed by atoms with Crippen molar-refractivity contribution in [2.45, 2.75) is 347 Å². The molecule has 0 aliphatic rings. The molecule has 0 saturated heterocycles. The molecule has 386 valence electrons. The summed E-state index contributed by atoms with van der Waals surface area (Å²) in [5.74, 6) is -0.506. The van der Waals surface area contributed by atoms with Crippen LogP contribution in [0, 0.1) is 0 Å². The van der Waals surface area contributed by atoms with Gasteiger partial charge in [-0.3, -0.25) is 4.79 Å². The van der Waals surface area contributed by atoms with Crippen LogP contribution >= 0.6 is 0 Å². The standard InChI is InChI=1S/C60H117NO4/c1-3-5-7-9-11-13-15-17-19-21-23-25-26-27-28-29-30-31-32-33-35-37-39-41-43-45-47-49-51-53-55-59(64)60(65)61-57(56-62)58(63)54-52-50-48-46-44-42-40-38-36-34-24-22-20-18-16-14-12-10-8-6-4-2/h44,46,52,54,57-59,62-64H,3-43,45,47-51,53,55-56H2,1-2H3,(H,61,65)/b46-44+,54-52+. The first kappa shape index (κ1) is 63.8. The quantitative estimate of drug-likeness (QED) is 0.0361. The molecule has 4 N–H and O–H groups in total. The zero-order valence-corrected chi connectivity index (χ0v) is 44.1. The first-order valence-electron chi connectivity index (χ1n) is 29.7. The fourth-order valence-corrected chi connectivity index (χ4v) is 9.44. The molecule has 0 saturated carbocycles. The van der Waals surface area contributed by atoms with E-state index < -0.39 is 24.2 Å². The van der Waals surface area contributed by atoms with Gasteiger partial charge in [-0.05, 0) is 32.1 Å². The maximum absolute atomic E-state index is 12.6. The van der Waals surface area contributed by atoms with Crippen LogP contribution in [-0.4, -0.2) is 46.1 Å². The number of amides is 1. The van der Waals surface area contributed by atoms with Crippen LogP contribution in [0.2, 0.25) is 0 Å². The van der Waals surface area contributed by atoms with Gasteiger partial charge in [0.15, 0.2) is 0 Å². The lowest BCUT2D eigenvalue weighted by Crippen LogP contribution is -2.48. The van der Waals surface area contributed by atoms with Gasteiger partial charge in [-0.2, -0.15) is 0 Å². The number of nitrogens with one attached hydrogen (secondary N) is 1. The second kappa shape index (κ2) is 55.4. The topological polar surface area (TPSA) is 89.8 Å². The zero-order chi connectivity index (χ0) is 47.2. The van der Waals surface area contributed by atoms with Crippen LogP contribution < -0.4 is 5.32 Å². The molecule has 65 heavy (non-hydrogen) atoms. The molecule has 3 atom stereocenters. The Kier molecular flexibility index (Phi) is 54.4. The lowest BCUT2D eigenvalue weighted by Gasteiger charge is -2.21. The molecule has 3 unspecified atom stereocenters. The van der Waals surface area contributed by atoms with Crippen molar-refractivity contribution in [3.8, 4) is 0 Å². The van der Waals surface area contributed by atoms with Crippen LogP contribution in [0.3, 0.4) is 0 Å². The van der Waals surface area contributed by atoms with Gasteiger partial charge in [0.05, 0.1) is 18.8 Å². The molecule has 0 spiro atoms. The van der Waals surface area contributed by atoms with Crippen molar-refractivity contribution >= 4 is 5.91 Å². The Hall–Kier alpha value is -1.17. The molecule has 0 aliphatic heterocycles. The van der Waals surface area contributed by atoms with E-state index in [0.717, 1.165) is 38.5 Å². The Bertz CT molecular complexity index is 967. The number of hydrogen-bond acceptors (Lipinski definition) is 4. The highest BCUT2D eigenvalue weighted by atomic mass is 16.3. The summed E-state index contributed by atoms with van der Waals surface area (Å²) in [5.41, 5.74) is 0. The van der Waals surface area contributed by atoms with Crippen molar-refractivity contribution in [2.75, 3.05) is 6.61 Å². The number of aliphatic hydroxyl groups is 3. The molecule has 0 fully saturated rings. The van der Waals surface area contributed by atoms with E-state index in [4.69, 9.17) is 0 Å². The molecule has 0 bridgehead atoms. The lowest BCUT2D eigenvalue weighted by atomic mass is 10.0. The van der Waals surface area contributed by atoms with Crippen LogP contribution in [-0.2, 0) is 4.79 Å². The minimum absolute atomic E-state index is 0.372. The van der Waals surface area contributed by atoms with Crippen LogP contribution in [0.5, 0.6) is 0 Å². The van der Waals surface area contributed by atoms with Gasteiger partial charge in [0.2, 0.25) is 5.91 Å². The molecule has 0 aromatic rings. The summed E-state index contributed by atoms with van der Waals surface area (Å²) < 4.78 is 0. The van der Waals surface area contributed by atoms with Crippen molar-refractivity contribution in [2.24, 2.45) is 0 Å². The summed E-state index contributed by atoms with van der Waals surface area (Å²) >= 11 is 0. The van der Waals surface area contributed by atoms with Gasteiger partial charge in [0, 0.05) is 0 Å². The summed E-state index contributed by atoms with van der Waals surface area (Å²) in [6.45, 7) is 4.21. The summed E-state index contributed by atoms with van der Waals surface area (Å²) in [6, 6.07) is -0.813. The number of rotatable bonds is 55. The molecule has 0 heterocycles. The van der Waals surface area contributed by atoms with Crippen molar-refractivity contribution in [3.63, 3.8) is 0 Å². The molecule has 5 nitrogen and oxygen atoms in total. The predicted octanol–water partition coefficient (Wildman–Crippen LogP) is 18.5. The van der Waals surface area contributed by atoms with Crippen molar-refractivity contribution < 1.29 is 20.1 Å². The maximum Gasteiger partial charge on any atom is 0.249 e. The average molecular weight is 917 g/mol. The van der Waals surface area contributed by atoms with Crippen LogP contribution in [0.25, 0.3) is 0 Å². The predicted molar refractivity (Wildman–Crippen MR) is 287 cm³/mol. The Morgan fingerprint density at radius 2 is 0.631 bits per heavy atom. The number of hydrogen-bond donors (Lipinski definition) is 4. The van der Waals surface area contributed by atoms with Crippen LogP contribution in [0.4, 0.5) is 0 Å². The number of aliphatic hydroxyl groups excluding tert-OH is 3. The van der Waals surface area contributed by atoms with E-state index in [9.17, 15) is 20.1 Å². The smallest absolute Gasteiger partial charge is 0.249 e. The van der Waals surface area contributed by atoms with E-state index >= 15 is 0 Å². The van der Waals surface area contributed by atoms with E-state index in [1.165, 1.54) is 270 Å².